The second-order valence-corrected chi connectivity index (χ2v) is 5.95. The van der Waals surface area contributed by atoms with Crippen molar-refractivity contribution in [3.8, 4) is 5.75 Å². The Morgan fingerprint density at radius 3 is 2.50 bits per heavy atom. The zero-order chi connectivity index (χ0) is 18.7. The van der Waals surface area contributed by atoms with E-state index in [2.05, 4.69) is 20.0 Å². The van der Waals surface area contributed by atoms with Crippen molar-refractivity contribution in [3.63, 3.8) is 0 Å². The number of amides is 2. The highest BCUT2D eigenvalue weighted by atomic mass is 19.4. The number of alkyl halides is 3. The van der Waals surface area contributed by atoms with E-state index in [0.717, 1.165) is 30.7 Å². The number of nitrogens with one attached hydrogen (secondary N) is 1. The fraction of sp³-hybridized carbons (Fsp3) is 0.353. The first-order valence-electron chi connectivity index (χ1n) is 8.04. The fourth-order valence-electron chi connectivity index (χ4n) is 2.63. The van der Waals surface area contributed by atoms with Crippen LogP contribution in [0.5, 0.6) is 5.75 Å². The molecule has 1 heterocycles. The van der Waals surface area contributed by atoms with Gasteiger partial charge in [0.15, 0.2) is 0 Å². The Kier molecular flexibility index (Phi) is 4.97. The van der Waals surface area contributed by atoms with Gasteiger partial charge in [0.2, 0.25) is 0 Å². The van der Waals surface area contributed by atoms with Crippen molar-refractivity contribution in [1.82, 2.24) is 14.9 Å². The van der Waals surface area contributed by atoms with E-state index >= 15 is 0 Å². The SMILES string of the molecule is CC(c1ccncn1)N(C(=O)Nc1ccc(OC(F)(F)F)cc1)C1CC1. The van der Waals surface area contributed by atoms with E-state index < -0.39 is 6.36 Å². The molecule has 2 amide bonds. The summed E-state index contributed by atoms with van der Waals surface area (Å²) in [6.07, 6.45) is 0.0955. The van der Waals surface area contributed by atoms with Gasteiger partial charge >= 0.3 is 12.4 Å². The van der Waals surface area contributed by atoms with Gasteiger partial charge in [-0.2, -0.15) is 0 Å². The van der Waals surface area contributed by atoms with Gasteiger partial charge < -0.3 is 15.0 Å². The minimum atomic E-state index is -4.75. The Hall–Kier alpha value is -2.84. The summed E-state index contributed by atoms with van der Waals surface area (Å²) in [6.45, 7) is 1.88. The number of carbonyl (C=O) groups excluding carboxylic acids is 1. The van der Waals surface area contributed by atoms with E-state index in [0.29, 0.717) is 5.69 Å². The number of hydrogen-bond donors (Lipinski definition) is 1. The van der Waals surface area contributed by atoms with Gasteiger partial charge in [-0.15, -0.1) is 13.2 Å². The Morgan fingerprint density at radius 2 is 1.96 bits per heavy atom. The maximum absolute atomic E-state index is 12.7. The highest BCUT2D eigenvalue weighted by molar-refractivity contribution is 5.90. The predicted molar refractivity (Wildman–Crippen MR) is 87.5 cm³/mol. The van der Waals surface area contributed by atoms with Gasteiger partial charge in [0.1, 0.15) is 12.1 Å². The third-order valence-electron chi connectivity index (χ3n) is 3.96. The lowest BCUT2D eigenvalue weighted by Gasteiger charge is -2.29. The predicted octanol–water partition coefficient (Wildman–Crippen LogP) is 4.13. The first-order chi connectivity index (χ1) is 12.3. The fourth-order valence-corrected chi connectivity index (χ4v) is 2.63. The smallest absolute Gasteiger partial charge is 0.406 e. The molecule has 26 heavy (non-hydrogen) atoms. The number of nitrogens with zero attached hydrogens (tertiary/aromatic N) is 3. The molecule has 6 nitrogen and oxygen atoms in total. The highest BCUT2D eigenvalue weighted by Gasteiger charge is 2.37. The summed E-state index contributed by atoms with van der Waals surface area (Å²) < 4.78 is 40.4. The molecule has 0 aliphatic heterocycles. The third-order valence-corrected chi connectivity index (χ3v) is 3.96. The average molecular weight is 366 g/mol. The molecule has 1 fully saturated rings. The lowest BCUT2D eigenvalue weighted by Crippen LogP contribution is -2.39. The van der Waals surface area contributed by atoms with Crippen LogP contribution in [0.2, 0.25) is 0 Å². The molecule has 0 bridgehead atoms. The van der Waals surface area contributed by atoms with E-state index in [1.807, 2.05) is 6.92 Å². The van der Waals surface area contributed by atoms with Crippen molar-refractivity contribution < 1.29 is 22.7 Å². The first-order valence-corrected chi connectivity index (χ1v) is 8.04. The molecule has 0 spiro atoms. The number of rotatable bonds is 5. The normalized spacial score (nSPS) is 15.2. The van der Waals surface area contributed by atoms with Crippen molar-refractivity contribution in [2.45, 2.75) is 38.2 Å². The summed E-state index contributed by atoms with van der Waals surface area (Å²) in [4.78, 5) is 22.4. The second kappa shape index (κ2) is 7.19. The number of benzene rings is 1. The molecule has 0 saturated heterocycles. The molecule has 1 saturated carbocycles. The highest BCUT2D eigenvalue weighted by Crippen LogP contribution is 2.34. The molecule has 1 aromatic carbocycles. The summed E-state index contributed by atoms with van der Waals surface area (Å²) in [6, 6.07) is 6.31. The van der Waals surface area contributed by atoms with E-state index in [9.17, 15) is 18.0 Å². The number of halogens is 3. The Bertz CT molecular complexity index is 749. The monoisotopic (exact) mass is 366 g/mol. The number of ether oxygens (including phenoxy) is 1. The molecule has 1 aliphatic carbocycles. The van der Waals surface area contributed by atoms with E-state index in [4.69, 9.17) is 0 Å². The Labute approximate surface area is 148 Å². The maximum Gasteiger partial charge on any atom is 0.573 e. The third kappa shape index (κ3) is 4.62. The molecule has 1 aliphatic rings. The standard InChI is InChI=1S/C17H17F3N4O2/c1-11(15-8-9-21-10-22-15)24(13-4-5-13)16(25)23-12-2-6-14(7-3-12)26-17(18,19)20/h2-3,6-11,13H,4-5H2,1H3,(H,23,25). The van der Waals surface area contributed by atoms with Crippen LogP contribution in [-0.4, -0.2) is 33.3 Å². The molecular weight excluding hydrogens is 349 g/mol. The molecule has 2 aromatic rings. The van der Waals surface area contributed by atoms with Crippen molar-refractivity contribution in [2.75, 3.05) is 5.32 Å². The Morgan fingerprint density at radius 1 is 1.27 bits per heavy atom. The number of urea groups is 1. The summed E-state index contributed by atoms with van der Waals surface area (Å²) >= 11 is 0. The van der Waals surface area contributed by atoms with Crippen LogP contribution in [0.4, 0.5) is 23.7 Å². The molecule has 1 unspecified atom stereocenters. The van der Waals surface area contributed by atoms with E-state index in [-0.39, 0.29) is 23.9 Å². The molecule has 3 rings (SSSR count). The van der Waals surface area contributed by atoms with Gasteiger partial charge in [-0.3, -0.25) is 0 Å². The average Bonchev–Trinajstić information content (AvgIpc) is 3.41. The lowest BCUT2D eigenvalue weighted by molar-refractivity contribution is -0.274. The zero-order valence-corrected chi connectivity index (χ0v) is 13.9. The second-order valence-electron chi connectivity index (χ2n) is 5.95. The minimum absolute atomic E-state index is 0.118. The van der Waals surface area contributed by atoms with E-state index in [1.165, 1.54) is 18.5 Å². The lowest BCUT2D eigenvalue weighted by atomic mass is 10.2. The van der Waals surface area contributed by atoms with E-state index in [1.54, 1.807) is 17.2 Å². The zero-order valence-electron chi connectivity index (χ0n) is 13.9. The molecule has 138 valence electrons. The summed E-state index contributed by atoms with van der Waals surface area (Å²) in [5, 5.41) is 2.71. The number of carbonyl (C=O) groups is 1. The first kappa shape index (κ1) is 18.0. The van der Waals surface area contributed by atoms with Crippen molar-refractivity contribution in [3.05, 3.63) is 48.5 Å². The van der Waals surface area contributed by atoms with Crippen LogP contribution >= 0.6 is 0 Å². The topological polar surface area (TPSA) is 67.4 Å². The van der Waals surface area contributed by atoms with Crippen LogP contribution in [0, 0.1) is 0 Å². The quantitative estimate of drug-likeness (QED) is 0.864. The van der Waals surface area contributed by atoms with Gasteiger partial charge in [-0.1, -0.05) is 0 Å². The molecular formula is C17H17F3N4O2. The van der Waals surface area contributed by atoms with Gasteiger partial charge in [-0.05, 0) is 50.1 Å². The Balaban J connectivity index is 1.69. The molecule has 1 atom stereocenters. The molecule has 0 radical (unpaired) electrons. The molecule has 9 heteroatoms. The van der Waals surface area contributed by atoms with Crippen LogP contribution in [0.3, 0.4) is 0 Å². The van der Waals surface area contributed by atoms with Crippen LogP contribution in [0.15, 0.2) is 42.9 Å². The summed E-state index contributed by atoms with van der Waals surface area (Å²) in [5.41, 5.74) is 1.10. The molecule has 1 aromatic heterocycles. The molecule has 1 N–H and O–H groups in total. The van der Waals surface area contributed by atoms with Gasteiger partial charge in [0, 0.05) is 17.9 Å². The van der Waals surface area contributed by atoms with Crippen LogP contribution < -0.4 is 10.1 Å². The van der Waals surface area contributed by atoms with Crippen LogP contribution in [0.1, 0.15) is 31.5 Å². The van der Waals surface area contributed by atoms with Gasteiger partial charge in [0.05, 0.1) is 11.7 Å². The largest absolute Gasteiger partial charge is 0.573 e. The van der Waals surface area contributed by atoms with Crippen molar-refractivity contribution in [2.24, 2.45) is 0 Å². The number of hydrogen-bond acceptors (Lipinski definition) is 4. The summed E-state index contributed by atoms with van der Waals surface area (Å²) in [7, 11) is 0. The maximum atomic E-state index is 12.7. The van der Waals surface area contributed by atoms with Crippen LogP contribution in [0.25, 0.3) is 0 Å². The van der Waals surface area contributed by atoms with Gasteiger partial charge in [-0.25, -0.2) is 14.8 Å². The number of aromatic nitrogens is 2. The minimum Gasteiger partial charge on any atom is -0.406 e. The van der Waals surface area contributed by atoms with Crippen LogP contribution in [-0.2, 0) is 0 Å². The number of anilines is 1. The van der Waals surface area contributed by atoms with Crippen molar-refractivity contribution in [1.29, 1.82) is 0 Å². The van der Waals surface area contributed by atoms with Gasteiger partial charge in [0.25, 0.3) is 0 Å². The summed E-state index contributed by atoms with van der Waals surface area (Å²) in [5.74, 6) is -0.344. The van der Waals surface area contributed by atoms with Crippen molar-refractivity contribution >= 4 is 11.7 Å².